The van der Waals surface area contributed by atoms with Crippen LogP contribution in [0.5, 0.6) is 0 Å². The van der Waals surface area contributed by atoms with Gasteiger partial charge in [-0.3, -0.25) is 9.59 Å². The molecular formula is C22H22N4O4S. The predicted octanol–water partition coefficient (Wildman–Crippen LogP) is 2.40. The number of carbonyl (C=O) groups is 1. The van der Waals surface area contributed by atoms with Crippen molar-refractivity contribution in [3.8, 4) is 5.69 Å². The Labute approximate surface area is 180 Å². The summed E-state index contributed by atoms with van der Waals surface area (Å²) in [4.78, 5) is 25.0. The van der Waals surface area contributed by atoms with Gasteiger partial charge in [-0.05, 0) is 36.8 Å². The zero-order valence-corrected chi connectivity index (χ0v) is 17.7. The third-order valence-corrected chi connectivity index (χ3v) is 5.66. The number of nitrogens with one attached hydrogen (secondary N) is 2. The van der Waals surface area contributed by atoms with Crippen molar-refractivity contribution in [3.05, 3.63) is 100 Å². The quantitative estimate of drug-likeness (QED) is 0.525. The highest BCUT2D eigenvalue weighted by Gasteiger charge is 2.16. The molecule has 0 aliphatic carbocycles. The van der Waals surface area contributed by atoms with Gasteiger partial charge in [0.1, 0.15) is 0 Å². The first-order chi connectivity index (χ1) is 14.8. The molecule has 1 aromatic heterocycles. The number of para-hydroxylation sites is 1. The fourth-order valence-electron chi connectivity index (χ4n) is 2.87. The molecule has 0 radical (unpaired) electrons. The second-order valence-electron chi connectivity index (χ2n) is 6.79. The van der Waals surface area contributed by atoms with E-state index in [2.05, 4.69) is 21.7 Å². The van der Waals surface area contributed by atoms with E-state index in [0.717, 1.165) is 5.69 Å². The van der Waals surface area contributed by atoms with Crippen LogP contribution < -0.4 is 15.5 Å². The number of aryl methyl sites for hydroxylation is 1. The van der Waals surface area contributed by atoms with Crippen LogP contribution in [0, 0.1) is 6.92 Å². The Kier molecular flexibility index (Phi) is 6.78. The number of hydrogen-bond acceptors (Lipinski definition) is 5. The summed E-state index contributed by atoms with van der Waals surface area (Å²) in [5.74, 6) is -0.848. The molecule has 31 heavy (non-hydrogen) atoms. The van der Waals surface area contributed by atoms with Crippen LogP contribution in [0.15, 0.2) is 78.1 Å². The highest BCUT2D eigenvalue weighted by atomic mass is 32.2. The largest absolute Gasteiger partial charge is 0.320 e. The van der Waals surface area contributed by atoms with E-state index in [1.807, 2.05) is 30.3 Å². The fraction of sp³-hybridized carbons (Fsp3) is 0.136. The van der Waals surface area contributed by atoms with Gasteiger partial charge in [-0.25, -0.2) is 17.8 Å². The lowest BCUT2D eigenvalue weighted by Gasteiger charge is -2.11. The lowest BCUT2D eigenvalue weighted by molar-refractivity contribution is 0.101. The van der Waals surface area contributed by atoms with Gasteiger partial charge in [-0.15, -0.1) is 6.58 Å². The molecule has 0 aliphatic rings. The summed E-state index contributed by atoms with van der Waals surface area (Å²) >= 11 is 0. The molecule has 8 nitrogen and oxygen atoms in total. The molecule has 3 aromatic rings. The molecule has 0 atom stereocenters. The van der Waals surface area contributed by atoms with E-state index in [-0.39, 0.29) is 18.0 Å². The fourth-order valence-corrected chi connectivity index (χ4v) is 3.97. The lowest BCUT2D eigenvalue weighted by Crippen LogP contribution is -2.27. The van der Waals surface area contributed by atoms with Gasteiger partial charge in [-0.2, -0.15) is 5.10 Å². The third-order valence-electron chi connectivity index (χ3n) is 4.34. The molecule has 160 valence electrons. The Morgan fingerprint density at radius 3 is 2.45 bits per heavy atom. The van der Waals surface area contributed by atoms with Crippen LogP contribution in [0.25, 0.3) is 5.69 Å². The summed E-state index contributed by atoms with van der Waals surface area (Å²) < 4.78 is 27.8. The third kappa shape index (κ3) is 5.74. The SMILES string of the molecule is C=CCNS(=O)(=O)Cc1ccc(NC(=O)c2nn(-c3ccccc3)c(C)cc2=O)cc1. The number of rotatable bonds is 8. The number of carbonyl (C=O) groups excluding carboxylic acids is 1. The van der Waals surface area contributed by atoms with E-state index in [4.69, 9.17) is 0 Å². The maximum absolute atomic E-state index is 12.7. The van der Waals surface area contributed by atoms with Crippen LogP contribution in [0.4, 0.5) is 5.69 Å². The van der Waals surface area contributed by atoms with E-state index >= 15 is 0 Å². The van der Waals surface area contributed by atoms with Crippen LogP contribution in [-0.4, -0.2) is 30.7 Å². The Morgan fingerprint density at radius 2 is 1.81 bits per heavy atom. The Morgan fingerprint density at radius 1 is 1.13 bits per heavy atom. The minimum Gasteiger partial charge on any atom is -0.320 e. The molecule has 3 rings (SSSR count). The van der Waals surface area contributed by atoms with Crippen molar-refractivity contribution in [1.82, 2.24) is 14.5 Å². The highest BCUT2D eigenvalue weighted by Crippen LogP contribution is 2.13. The van der Waals surface area contributed by atoms with Gasteiger partial charge in [0.15, 0.2) is 5.69 Å². The summed E-state index contributed by atoms with van der Waals surface area (Å²) in [6.07, 6.45) is 1.46. The minimum atomic E-state index is -3.48. The summed E-state index contributed by atoms with van der Waals surface area (Å²) in [6.45, 7) is 5.36. The first-order valence-electron chi connectivity index (χ1n) is 9.44. The van der Waals surface area contributed by atoms with Crippen molar-refractivity contribution in [2.45, 2.75) is 12.7 Å². The highest BCUT2D eigenvalue weighted by molar-refractivity contribution is 7.88. The molecule has 1 heterocycles. The van der Waals surface area contributed by atoms with Gasteiger partial charge in [0.25, 0.3) is 5.91 Å². The molecule has 2 N–H and O–H groups in total. The molecular weight excluding hydrogens is 416 g/mol. The van der Waals surface area contributed by atoms with Crippen molar-refractivity contribution < 1.29 is 13.2 Å². The van der Waals surface area contributed by atoms with Crippen LogP contribution in [0.1, 0.15) is 21.7 Å². The zero-order chi connectivity index (χ0) is 22.4. The number of amides is 1. The maximum Gasteiger partial charge on any atom is 0.280 e. The predicted molar refractivity (Wildman–Crippen MR) is 120 cm³/mol. The molecule has 0 saturated heterocycles. The molecule has 1 amide bonds. The van der Waals surface area contributed by atoms with Crippen molar-refractivity contribution in [3.63, 3.8) is 0 Å². The standard InChI is InChI=1S/C22H22N4O4S/c1-3-13-23-31(29,30)15-17-9-11-18(12-10-17)24-22(28)21-20(27)14-16(2)26(25-21)19-7-5-4-6-8-19/h3-12,14,23H,1,13,15H2,2H3,(H,24,28). The molecule has 0 fully saturated rings. The molecule has 0 bridgehead atoms. The zero-order valence-electron chi connectivity index (χ0n) is 16.9. The smallest absolute Gasteiger partial charge is 0.280 e. The number of nitrogens with zero attached hydrogens (tertiary/aromatic N) is 2. The van der Waals surface area contributed by atoms with Crippen LogP contribution >= 0.6 is 0 Å². The van der Waals surface area contributed by atoms with Crippen molar-refractivity contribution in [2.75, 3.05) is 11.9 Å². The summed E-state index contributed by atoms with van der Waals surface area (Å²) in [5, 5.41) is 6.86. The summed E-state index contributed by atoms with van der Waals surface area (Å²) in [5.41, 5.74) is 1.56. The van der Waals surface area contributed by atoms with Crippen LogP contribution in [-0.2, 0) is 15.8 Å². The first kappa shape index (κ1) is 22.1. The van der Waals surface area contributed by atoms with Crippen molar-refractivity contribution in [2.24, 2.45) is 0 Å². The van der Waals surface area contributed by atoms with E-state index in [0.29, 0.717) is 16.9 Å². The Balaban J connectivity index is 1.77. The number of hydrogen-bond donors (Lipinski definition) is 2. The average Bonchev–Trinajstić information content (AvgIpc) is 2.74. The number of benzene rings is 2. The Hall–Kier alpha value is -3.56. The molecule has 9 heteroatoms. The van der Waals surface area contributed by atoms with Gasteiger partial charge < -0.3 is 5.32 Å². The number of anilines is 1. The maximum atomic E-state index is 12.7. The molecule has 0 saturated carbocycles. The van der Waals surface area contributed by atoms with Crippen molar-refractivity contribution in [1.29, 1.82) is 0 Å². The number of aromatic nitrogens is 2. The second-order valence-corrected chi connectivity index (χ2v) is 8.60. The van der Waals surface area contributed by atoms with Gasteiger partial charge in [0.2, 0.25) is 15.5 Å². The van der Waals surface area contributed by atoms with E-state index in [1.165, 1.54) is 16.8 Å². The molecule has 0 spiro atoms. The van der Waals surface area contributed by atoms with Gasteiger partial charge in [0, 0.05) is 24.0 Å². The first-order valence-corrected chi connectivity index (χ1v) is 11.1. The van der Waals surface area contributed by atoms with E-state index in [1.54, 1.807) is 31.2 Å². The summed E-state index contributed by atoms with van der Waals surface area (Å²) in [6, 6.07) is 16.9. The Bertz CT molecular complexity index is 1250. The lowest BCUT2D eigenvalue weighted by atomic mass is 10.2. The van der Waals surface area contributed by atoms with Crippen LogP contribution in [0.3, 0.4) is 0 Å². The van der Waals surface area contributed by atoms with E-state index in [9.17, 15) is 18.0 Å². The van der Waals surface area contributed by atoms with Gasteiger partial charge in [0.05, 0.1) is 11.4 Å². The van der Waals surface area contributed by atoms with Crippen LogP contribution in [0.2, 0.25) is 0 Å². The monoisotopic (exact) mass is 438 g/mol. The summed E-state index contributed by atoms with van der Waals surface area (Å²) in [7, 11) is -3.48. The number of sulfonamides is 1. The topological polar surface area (TPSA) is 110 Å². The normalized spacial score (nSPS) is 11.1. The molecule has 0 aliphatic heterocycles. The van der Waals surface area contributed by atoms with Gasteiger partial charge in [-0.1, -0.05) is 36.4 Å². The van der Waals surface area contributed by atoms with E-state index < -0.39 is 21.4 Å². The molecule has 0 unspecified atom stereocenters. The average molecular weight is 439 g/mol. The van der Waals surface area contributed by atoms with Crippen molar-refractivity contribution >= 4 is 21.6 Å². The minimum absolute atomic E-state index is 0.153. The molecule has 2 aromatic carbocycles. The second kappa shape index (κ2) is 9.50. The van der Waals surface area contributed by atoms with Gasteiger partial charge >= 0.3 is 0 Å².